The van der Waals surface area contributed by atoms with E-state index in [1.54, 1.807) is 25.5 Å². The number of nitrogens with zero attached hydrogens (tertiary/aromatic N) is 2. The monoisotopic (exact) mass is 323 g/mol. The summed E-state index contributed by atoms with van der Waals surface area (Å²) in [5.74, 6) is -0.660. The van der Waals surface area contributed by atoms with Crippen molar-refractivity contribution in [2.24, 2.45) is 5.73 Å². The lowest BCUT2D eigenvalue weighted by Crippen LogP contribution is -2.20. The molecule has 0 aliphatic rings. The summed E-state index contributed by atoms with van der Waals surface area (Å²) < 4.78 is 0. The Labute approximate surface area is 138 Å². The summed E-state index contributed by atoms with van der Waals surface area (Å²) in [6, 6.07) is 7.48. The number of pyridine rings is 1. The second kappa shape index (κ2) is 6.49. The second-order valence-electron chi connectivity index (χ2n) is 5.41. The Bertz CT molecular complexity index is 903. The molecule has 2 heterocycles. The third kappa shape index (κ3) is 3.10. The van der Waals surface area contributed by atoms with Gasteiger partial charge in [0.25, 0.3) is 5.91 Å². The Hall–Kier alpha value is -3.22. The molecule has 7 heteroatoms. The zero-order valence-electron chi connectivity index (χ0n) is 13.2. The maximum Gasteiger partial charge on any atom is 0.250 e. The summed E-state index contributed by atoms with van der Waals surface area (Å²) in [7, 11) is 1.57. The van der Waals surface area contributed by atoms with Gasteiger partial charge >= 0.3 is 0 Å². The van der Waals surface area contributed by atoms with Crippen LogP contribution in [-0.2, 0) is 11.2 Å². The molecule has 24 heavy (non-hydrogen) atoms. The van der Waals surface area contributed by atoms with Crippen molar-refractivity contribution in [1.29, 1.82) is 0 Å². The highest BCUT2D eigenvalue weighted by atomic mass is 16.1. The summed E-state index contributed by atoms with van der Waals surface area (Å²) in [5.41, 5.74) is 9.02. The van der Waals surface area contributed by atoms with E-state index in [4.69, 9.17) is 5.73 Å². The van der Waals surface area contributed by atoms with Crippen molar-refractivity contribution < 1.29 is 9.59 Å². The number of fused-ring (bicyclic) bond motifs is 1. The number of amides is 2. The van der Waals surface area contributed by atoms with Crippen LogP contribution in [0.4, 0.5) is 0 Å². The van der Waals surface area contributed by atoms with Crippen molar-refractivity contribution in [3.8, 4) is 11.1 Å². The first-order valence-electron chi connectivity index (χ1n) is 7.51. The molecule has 0 saturated carbocycles. The van der Waals surface area contributed by atoms with Crippen LogP contribution in [0.5, 0.6) is 0 Å². The molecule has 1 aromatic carbocycles. The van der Waals surface area contributed by atoms with Gasteiger partial charge in [-0.15, -0.1) is 0 Å². The minimum atomic E-state index is -0.551. The molecular formula is C17H17N5O2. The topological polar surface area (TPSA) is 114 Å². The predicted molar refractivity (Wildman–Crippen MR) is 90.2 cm³/mol. The molecule has 0 fully saturated rings. The number of carbonyl (C=O) groups excluding carboxylic acids is 2. The van der Waals surface area contributed by atoms with Crippen LogP contribution in [0.15, 0.2) is 36.7 Å². The third-order valence-electron chi connectivity index (χ3n) is 3.86. The molecule has 0 atom stereocenters. The van der Waals surface area contributed by atoms with Crippen molar-refractivity contribution in [2.75, 3.05) is 7.05 Å². The quantitative estimate of drug-likeness (QED) is 0.658. The molecule has 0 aliphatic carbocycles. The molecule has 3 rings (SSSR count). The fourth-order valence-electron chi connectivity index (χ4n) is 2.57. The molecule has 0 saturated heterocycles. The van der Waals surface area contributed by atoms with E-state index in [2.05, 4.69) is 20.5 Å². The number of benzene rings is 1. The zero-order chi connectivity index (χ0) is 17.1. The standard InChI is InChI=1S/C17H17N5O2/c1-19-16(23)5-4-15-13(17(18)24)7-11-6-10(2-3-14(11)22-15)12-8-20-21-9-12/h2-3,6-9H,4-5H2,1H3,(H2,18,24)(H,19,23)(H,20,21). The van der Waals surface area contributed by atoms with Crippen LogP contribution in [0, 0.1) is 0 Å². The lowest BCUT2D eigenvalue weighted by molar-refractivity contribution is -0.120. The number of hydrogen-bond acceptors (Lipinski definition) is 4. The van der Waals surface area contributed by atoms with Gasteiger partial charge in [0, 0.05) is 30.6 Å². The molecule has 0 radical (unpaired) electrons. The van der Waals surface area contributed by atoms with E-state index in [9.17, 15) is 9.59 Å². The maximum atomic E-state index is 11.8. The number of aromatic amines is 1. The summed E-state index contributed by atoms with van der Waals surface area (Å²) >= 11 is 0. The first kappa shape index (κ1) is 15.7. The lowest BCUT2D eigenvalue weighted by atomic mass is 10.0. The Morgan fingerprint density at radius 1 is 1.25 bits per heavy atom. The molecule has 3 aromatic rings. The van der Waals surface area contributed by atoms with E-state index in [1.807, 2.05) is 18.2 Å². The Morgan fingerprint density at radius 3 is 2.75 bits per heavy atom. The van der Waals surface area contributed by atoms with Gasteiger partial charge in [-0.05, 0) is 30.2 Å². The molecule has 7 nitrogen and oxygen atoms in total. The molecule has 0 aliphatic heterocycles. The normalized spacial score (nSPS) is 10.7. The van der Waals surface area contributed by atoms with Gasteiger partial charge in [-0.1, -0.05) is 6.07 Å². The van der Waals surface area contributed by atoms with Gasteiger partial charge in [0.2, 0.25) is 5.91 Å². The summed E-state index contributed by atoms with van der Waals surface area (Å²) in [6.45, 7) is 0. The number of aryl methyl sites for hydroxylation is 1. The number of nitrogens with one attached hydrogen (secondary N) is 2. The molecule has 2 aromatic heterocycles. The number of nitrogens with two attached hydrogens (primary N) is 1. The van der Waals surface area contributed by atoms with Gasteiger partial charge in [-0.3, -0.25) is 19.7 Å². The summed E-state index contributed by atoms with van der Waals surface area (Å²) in [5, 5.41) is 10.1. The Balaban J connectivity index is 2.03. The first-order valence-corrected chi connectivity index (χ1v) is 7.51. The van der Waals surface area contributed by atoms with Crippen molar-refractivity contribution in [3.63, 3.8) is 0 Å². The largest absolute Gasteiger partial charge is 0.366 e. The van der Waals surface area contributed by atoms with Gasteiger partial charge in [0.15, 0.2) is 0 Å². The molecule has 0 bridgehead atoms. The van der Waals surface area contributed by atoms with Crippen molar-refractivity contribution in [3.05, 3.63) is 47.9 Å². The lowest BCUT2D eigenvalue weighted by Gasteiger charge is -2.09. The molecular weight excluding hydrogens is 306 g/mol. The van der Waals surface area contributed by atoms with Crippen LogP contribution < -0.4 is 11.1 Å². The average Bonchev–Trinajstić information content (AvgIpc) is 3.12. The SMILES string of the molecule is CNC(=O)CCc1nc2ccc(-c3cn[nH]c3)cc2cc1C(N)=O. The Kier molecular flexibility index (Phi) is 4.24. The van der Waals surface area contributed by atoms with E-state index < -0.39 is 5.91 Å². The van der Waals surface area contributed by atoms with Gasteiger partial charge in [0.05, 0.1) is 23.0 Å². The van der Waals surface area contributed by atoms with E-state index in [0.717, 1.165) is 22.0 Å². The highest BCUT2D eigenvalue weighted by Gasteiger charge is 2.13. The first-order chi connectivity index (χ1) is 11.6. The fourth-order valence-corrected chi connectivity index (χ4v) is 2.57. The minimum Gasteiger partial charge on any atom is -0.366 e. The predicted octanol–water partition coefficient (Wildman–Crippen LogP) is 1.40. The Morgan fingerprint density at radius 2 is 2.08 bits per heavy atom. The molecule has 0 spiro atoms. The number of H-pyrrole nitrogens is 1. The number of aromatic nitrogens is 3. The van der Waals surface area contributed by atoms with Gasteiger partial charge in [-0.25, -0.2) is 0 Å². The molecule has 2 amide bonds. The van der Waals surface area contributed by atoms with Crippen LogP contribution in [0.1, 0.15) is 22.5 Å². The van der Waals surface area contributed by atoms with Crippen LogP contribution in [0.3, 0.4) is 0 Å². The van der Waals surface area contributed by atoms with Gasteiger partial charge in [0.1, 0.15) is 0 Å². The number of primary amides is 1. The van der Waals surface area contributed by atoms with E-state index in [0.29, 0.717) is 17.7 Å². The average molecular weight is 323 g/mol. The van der Waals surface area contributed by atoms with Crippen molar-refractivity contribution >= 4 is 22.7 Å². The van der Waals surface area contributed by atoms with E-state index >= 15 is 0 Å². The van der Waals surface area contributed by atoms with Crippen LogP contribution in [0.2, 0.25) is 0 Å². The van der Waals surface area contributed by atoms with Crippen LogP contribution in [0.25, 0.3) is 22.0 Å². The smallest absolute Gasteiger partial charge is 0.250 e. The molecule has 122 valence electrons. The third-order valence-corrected chi connectivity index (χ3v) is 3.86. The summed E-state index contributed by atoms with van der Waals surface area (Å²) in [4.78, 5) is 27.7. The highest BCUT2D eigenvalue weighted by molar-refractivity contribution is 5.98. The van der Waals surface area contributed by atoms with Crippen molar-refractivity contribution in [1.82, 2.24) is 20.5 Å². The number of rotatable bonds is 5. The fraction of sp³-hybridized carbons (Fsp3) is 0.176. The van der Waals surface area contributed by atoms with Crippen molar-refractivity contribution in [2.45, 2.75) is 12.8 Å². The minimum absolute atomic E-state index is 0.109. The van der Waals surface area contributed by atoms with E-state index in [1.165, 1.54) is 0 Å². The maximum absolute atomic E-state index is 11.8. The molecule has 0 unspecified atom stereocenters. The van der Waals surface area contributed by atoms with Gasteiger partial charge in [-0.2, -0.15) is 5.10 Å². The molecule has 4 N–H and O–H groups in total. The second-order valence-corrected chi connectivity index (χ2v) is 5.41. The number of carbonyl (C=O) groups is 2. The zero-order valence-corrected chi connectivity index (χ0v) is 13.2. The van der Waals surface area contributed by atoms with Gasteiger partial charge < -0.3 is 11.1 Å². The van der Waals surface area contributed by atoms with Crippen LogP contribution in [-0.4, -0.2) is 34.0 Å². The van der Waals surface area contributed by atoms with Crippen LogP contribution >= 0.6 is 0 Å². The highest BCUT2D eigenvalue weighted by Crippen LogP contribution is 2.25. The summed E-state index contributed by atoms with van der Waals surface area (Å²) in [6.07, 6.45) is 4.13. The number of hydrogen-bond donors (Lipinski definition) is 3. The van der Waals surface area contributed by atoms with E-state index in [-0.39, 0.29) is 12.3 Å².